The Labute approximate surface area is 93.9 Å². The fourth-order valence-electron chi connectivity index (χ4n) is 1.10. The van der Waals surface area contributed by atoms with Crippen LogP contribution in [-0.2, 0) is 4.74 Å². The van der Waals surface area contributed by atoms with Crippen LogP contribution in [-0.4, -0.2) is 23.7 Å². The van der Waals surface area contributed by atoms with Crippen molar-refractivity contribution < 1.29 is 19.4 Å². The van der Waals surface area contributed by atoms with Crippen LogP contribution in [0.2, 0.25) is 0 Å². The molecule has 0 radical (unpaired) electrons. The maximum atomic E-state index is 11.5. The molecule has 0 heterocycles. The summed E-state index contributed by atoms with van der Waals surface area (Å²) in [7, 11) is 0. The van der Waals surface area contributed by atoms with Crippen LogP contribution < -0.4 is 0 Å². The van der Waals surface area contributed by atoms with E-state index in [1.54, 1.807) is 0 Å². The summed E-state index contributed by atoms with van der Waals surface area (Å²) in [6.45, 7) is 4.19. The Bertz CT molecular complexity index is 396. The summed E-state index contributed by atoms with van der Waals surface area (Å²) in [5.74, 6) is -1.29. The molecule has 86 valence electrons. The summed E-state index contributed by atoms with van der Waals surface area (Å²) in [6, 6.07) is 5.80. The first-order chi connectivity index (χ1) is 7.50. The van der Waals surface area contributed by atoms with Gasteiger partial charge in [-0.25, -0.2) is 9.59 Å². The maximum absolute atomic E-state index is 11.5. The Kier molecular flexibility index (Phi) is 4.05. The minimum absolute atomic E-state index is 0.0824. The zero-order chi connectivity index (χ0) is 12.1. The van der Waals surface area contributed by atoms with Crippen LogP contribution in [0, 0.1) is 5.92 Å². The molecule has 0 aliphatic carbocycles. The summed E-state index contributed by atoms with van der Waals surface area (Å²) >= 11 is 0. The molecule has 1 aromatic carbocycles. The molecule has 0 bridgehead atoms. The number of hydrogen-bond donors (Lipinski definition) is 1. The van der Waals surface area contributed by atoms with E-state index in [2.05, 4.69) is 0 Å². The first-order valence-electron chi connectivity index (χ1n) is 5.01. The molecule has 0 atom stereocenters. The summed E-state index contributed by atoms with van der Waals surface area (Å²) in [6.07, 6.45) is 0. The molecular formula is C12H14O4. The van der Waals surface area contributed by atoms with Gasteiger partial charge in [0.25, 0.3) is 0 Å². The van der Waals surface area contributed by atoms with Crippen molar-refractivity contribution in [3.05, 3.63) is 35.4 Å². The smallest absolute Gasteiger partial charge is 0.338 e. The summed E-state index contributed by atoms with van der Waals surface area (Å²) in [5.41, 5.74) is 0.347. The maximum Gasteiger partial charge on any atom is 0.338 e. The number of carboxylic acid groups (broad SMARTS) is 1. The Morgan fingerprint density at radius 1 is 1.31 bits per heavy atom. The SMILES string of the molecule is CC(C)COC(=O)c1cccc(C(=O)O)c1. The predicted octanol–water partition coefficient (Wildman–Crippen LogP) is 2.20. The zero-order valence-electron chi connectivity index (χ0n) is 9.27. The quantitative estimate of drug-likeness (QED) is 0.793. The van der Waals surface area contributed by atoms with Gasteiger partial charge in [-0.15, -0.1) is 0 Å². The van der Waals surface area contributed by atoms with Gasteiger partial charge < -0.3 is 9.84 Å². The van der Waals surface area contributed by atoms with Gasteiger partial charge in [0.2, 0.25) is 0 Å². The van der Waals surface area contributed by atoms with Gasteiger partial charge in [-0.1, -0.05) is 19.9 Å². The molecule has 0 spiro atoms. The molecule has 0 saturated carbocycles. The highest BCUT2D eigenvalue weighted by atomic mass is 16.5. The standard InChI is InChI=1S/C12H14O4/c1-8(2)7-16-12(15)10-5-3-4-9(6-10)11(13)14/h3-6,8H,7H2,1-2H3,(H,13,14). The monoisotopic (exact) mass is 222 g/mol. The van der Waals surface area contributed by atoms with E-state index in [1.165, 1.54) is 24.3 Å². The third kappa shape index (κ3) is 3.38. The molecule has 0 amide bonds. The molecule has 1 N–H and O–H groups in total. The fraction of sp³-hybridized carbons (Fsp3) is 0.333. The lowest BCUT2D eigenvalue weighted by Gasteiger charge is -2.07. The van der Waals surface area contributed by atoms with Gasteiger partial charge in [0.15, 0.2) is 0 Å². The second-order valence-corrected chi connectivity index (χ2v) is 3.88. The number of carbonyl (C=O) groups excluding carboxylic acids is 1. The third-order valence-corrected chi connectivity index (χ3v) is 1.89. The Balaban J connectivity index is 2.76. The topological polar surface area (TPSA) is 63.6 Å². The summed E-state index contributed by atoms with van der Waals surface area (Å²) in [5, 5.41) is 8.76. The molecule has 0 saturated heterocycles. The van der Waals surface area contributed by atoms with Crippen LogP contribution in [0.3, 0.4) is 0 Å². The van der Waals surface area contributed by atoms with Crippen LogP contribution in [0.1, 0.15) is 34.6 Å². The number of ether oxygens (including phenoxy) is 1. The largest absolute Gasteiger partial charge is 0.478 e. The van der Waals surface area contributed by atoms with Gasteiger partial charge in [-0.2, -0.15) is 0 Å². The molecule has 0 aromatic heterocycles. The average molecular weight is 222 g/mol. The predicted molar refractivity (Wildman–Crippen MR) is 58.5 cm³/mol. The highest BCUT2D eigenvalue weighted by molar-refractivity contribution is 5.94. The van der Waals surface area contributed by atoms with Crippen molar-refractivity contribution >= 4 is 11.9 Å². The average Bonchev–Trinajstić information content (AvgIpc) is 2.26. The van der Waals surface area contributed by atoms with Gasteiger partial charge in [-0.05, 0) is 24.1 Å². The minimum Gasteiger partial charge on any atom is -0.478 e. The van der Waals surface area contributed by atoms with Crippen LogP contribution >= 0.6 is 0 Å². The molecule has 4 nitrogen and oxygen atoms in total. The van der Waals surface area contributed by atoms with E-state index in [-0.39, 0.29) is 17.0 Å². The molecule has 0 aliphatic heterocycles. The van der Waals surface area contributed by atoms with E-state index in [0.717, 1.165) is 0 Å². The normalized spacial score (nSPS) is 10.2. The van der Waals surface area contributed by atoms with Gasteiger partial charge in [0, 0.05) is 0 Å². The lowest BCUT2D eigenvalue weighted by molar-refractivity contribution is 0.0459. The molecular weight excluding hydrogens is 208 g/mol. The van der Waals surface area contributed by atoms with Gasteiger partial charge >= 0.3 is 11.9 Å². The van der Waals surface area contributed by atoms with Crippen molar-refractivity contribution in [3.8, 4) is 0 Å². The van der Waals surface area contributed by atoms with Crippen molar-refractivity contribution in [1.29, 1.82) is 0 Å². The van der Waals surface area contributed by atoms with E-state index in [0.29, 0.717) is 6.61 Å². The van der Waals surface area contributed by atoms with Crippen LogP contribution in [0.15, 0.2) is 24.3 Å². The molecule has 4 heteroatoms. The van der Waals surface area contributed by atoms with Crippen molar-refractivity contribution in [3.63, 3.8) is 0 Å². The van der Waals surface area contributed by atoms with Gasteiger partial charge in [-0.3, -0.25) is 0 Å². The molecule has 16 heavy (non-hydrogen) atoms. The van der Waals surface area contributed by atoms with E-state index in [4.69, 9.17) is 9.84 Å². The first-order valence-corrected chi connectivity index (χ1v) is 5.01. The lowest BCUT2D eigenvalue weighted by atomic mass is 10.1. The van der Waals surface area contributed by atoms with Crippen molar-refractivity contribution in [2.24, 2.45) is 5.92 Å². The Morgan fingerprint density at radius 2 is 1.94 bits per heavy atom. The van der Waals surface area contributed by atoms with Crippen molar-refractivity contribution in [2.75, 3.05) is 6.61 Å². The van der Waals surface area contributed by atoms with E-state index < -0.39 is 11.9 Å². The van der Waals surface area contributed by atoms with Crippen molar-refractivity contribution in [2.45, 2.75) is 13.8 Å². The summed E-state index contributed by atoms with van der Waals surface area (Å²) < 4.78 is 4.99. The second kappa shape index (κ2) is 5.30. The summed E-state index contributed by atoms with van der Waals surface area (Å²) in [4.78, 5) is 22.2. The third-order valence-electron chi connectivity index (χ3n) is 1.89. The minimum atomic E-state index is -1.06. The number of esters is 1. The highest BCUT2D eigenvalue weighted by Gasteiger charge is 2.10. The highest BCUT2D eigenvalue weighted by Crippen LogP contribution is 2.07. The molecule has 0 fully saturated rings. The fourth-order valence-corrected chi connectivity index (χ4v) is 1.10. The van der Waals surface area contributed by atoms with E-state index in [1.807, 2.05) is 13.8 Å². The number of benzene rings is 1. The Morgan fingerprint density at radius 3 is 2.50 bits per heavy atom. The van der Waals surface area contributed by atoms with Gasteiger partial charge in [0.05, 0.1) is 17.7 Å². The molecule has 0 unspecified atom stereocenters. The second-order valence-electron chi connectivity index (χ2n) is 3.88. The van der Waals surface area contributed by atoms with Crippen LogP contribution in [0.25, 0.3) is 0 Å². The number of rotatable bonds is 4. The van der Waals surface area contributed by atoms with Crippen LogP contribution in [0.4, 0.5) is 0 Å². The number of hydrogen-bond acceptors (Lipinski definition) is 3. The molecule has 0 aliphatic rings. The zero-order valence-corrected chi connectivity index (χ0v) is 9.27. The number of carbonyl (C=O) groups is 2. The lowest BCUT2D eigenvalue weighted by Crippen LogP contribution is -2.11. The Hall–Kier alpha value is -1.84. The van der Waals surface area contributed by atoms with Crippen LogP contribution in [0.5, 0.6) is 0 Å². The number of aromatic carboxylic acids is 1. The van der Waals surface area contributed by atoms with E-state index >= 15 is 0 Å². The first kappa shape index (κ1) is 12.2. The van der Waals surface area contributed by atoms with E-state index in [9.17, 15) is 9.59 Å². The van der Waals surface area contributed by atoms with Gasteiger partial charge in [0.1, 0.15) is 0 Å². The number of carboxylic acids is 1. The molecule has 1 aromatic rings. The van der Waals surface area contributed by atoms with Crippen molar-refractivity contribution in [1.82, 2.24) is 0 Å². The molecule has 1 rings (SSSR count).